The zero-order valence-corrected chi connectivity index (χ0v) is 11.7. The molecule has 0 bridgehead atoms. The van der Waals surface area contributed by atoms with E-state index < -0.39 is 0 Å². The van der Waals surface area contributed by atoms with Gasteiger partial charge in [0.05, 0.1) is 12.6 Å². The number of nitrogens with zero attached hydrogens (tertiary/aromatic N) is 2. The van der Waals surface area contributed by atoms with Crippen molar-refractivity contribution in [3.63, 3.8) is 0 Å². The summed E-state index contributed by atoms with van der Waals surface area (Å²) in [5, 5.41) is 2.33. The monoisotopic (exact) mass is 269 g/mol. The van der Waals surface area contributed by atoms with E-state index in [0.717, 1.165) is 36.0 Å². The van der Waals surface area contributed by atoms with Gasteiger partial charge in [-0.3, -0.25) is 0 Å². The molecule has 0 unspecified atom stereocenters. The minimum atomic E-state index is 0.0166. The summed E-state index contributed by atoms with van der Waals surface area (Å²) in [6, 6.07) is 8.16. The Morgan fingerprint density at radius 3 is 2.80 bits per heavy atom. The molecule has 2 heterocycles. The number of rotatable bonds is 3. The van der Waals surface area contributed by atoms with Gasteiger partial charge >= 0.3 is 0 Å². The molecule has 0 atom stereocenters. The fourth-order valence-corrected chi connectivity index (χ4v) is 3.24. The zero-order chi connectivity index (χ0) is 13.7. The van der Waals surface area contributed by atoms with E-state index in [9.17, 15) is 0 Å². The minimum absolute atomic E-state index is 0.0166. The number of hydrogen-bond acceptors (Lipinski definition) is 4. The van der Waals surface area contributed by atoms with Crippen molar-refractivity contribution < 1.29 is 4.74 Å². The van der Waals surface area contributed by atoms with Crippen LogP contribution in [0.15, 0.2) is 30.5 Å². The van der Waals surface area contributed by atoms with Crippen molar-refractivity contribution in [3.05, 3.63) is 30.5 Å². The van der Waals surface area contributed by atoms with Gasteiger partial charge in [0.1, 0.15) is 11.6 Å². The predicted molar refractivity (Wildman–Crippen MR) is 80.2 cm³/mol. The third-order valence-electron chi connectivity index (χ3n) is 4.61. The lowest BCUT2D eigenvalue weighted by Crippen LogP contribution is -2.69. The van der Waals surface area contributed by atoms with Crippen molar-refractivity contribution >= 4 is 16.6 Å². The SMILES string of the molecule is COc1ccc2ccnc(N3CC(N)(C4CC4)C3)c2c1. The molecule has 0 radical (unpaired) electrons. The van der Waals surface area contributed by atoms with Gasteiger partial charge in [-0.15, -0.1) is 0 Å². The van der Waals surface area contributed by atoms with Crippen LogP contribution in [0.5, 0.6) is 5.75 Å². The summed E-state index contributed by atoms with van der Waals surface area (Å²) in [6.45, 7) is 1.84. The smallest absolute Gasteiger partial charge is 0.136 e. The summed E-state index contributed by atoms with van der Waals surface area (Å²) >= 11 is 0. The van der Waals surface area contributed by atoms with Crippen molar-refractivity contribution in [1.82, 2.24) is 4.98 Å². The van der Waals surface area contributed by atoms with E-state index in [1.165, 1.54) is 18.2 Å². The Morgan fingerprint density at radius 1 is 1.30 bits per heavy atom. The molecule has 1 aromatic carbocycles. The lowest BCUT2D eigenvalue weighted by Gasteiger charge is -2.49. The number of anilines is 1. The molecule has 4 heteroatoms. The largest absolute Gasteiger partial charge is 0.497 e. The van der Waals surface area contributed by atoms with Gasteiger partial charge in [-0.2, -0.15) is 0 Å². The summed E-state index contributed by atoms with van der Waals surface area (Å²) in [7, 11) is 1.69. The highest BCUT2D eigenvalue weighted by atomic mass is 16.5. The number of aromatic nitrogens is 1. The highest BCUT2D eigenvalue weighted by Crippen LogP contribution is 2.44. The first-order chi connectivity index (χ1) is 9.69. The Hall–Kier alpha value is -1.81. The van der Waals surface area contributed by atoms with Gasteiger partial charge in [0, 0.05) is 24.7 Å². The molecule has 1 aromatic heterocycles. The molecule has 2 aromatic rings. The van der Waals surface area contributed by atoms with E-state index in [-0.39, 0.29) is 5.54 Å². The zero-order valence-electron chi connectivity index (χ0n) is 11.7. The molecular formula is C16H19N3O. The highest BCUT2D eigenvalue weighted by molar-refractivity contribution is 5.93. The Morgan fingerprint density at radius 2 is 2.10 bits per heavy atom. The minimum Gasteiger partial charge on any atom is -0.497 e. The number of benzene rings is 1. The number of hydrogen-bond donors (Lipinski definition) is 1. The molecule has 2 aliphatic rings. The average Bonchev–Trinajstić information content (AvgIpc) is 3.27. The quantitative estimate of drug-likeness (QED) is 0.928. The standard InChI is InChI=1S/C16H19N3O/c1-20-13-5-2-11-6-7-18-15(14(11)8-13)19-9-16(17,10-19)12-3-4-12/h2,5-8,12H,3-4,9-10,17H2,1H3. The van der Waals surface area contributed by atoms with Crippen molar-refractivity contribution in [2.75, 3.05) is 25.1 Å². The Balaban J connectivity index is 1.69. The summed E-state index contributed by atoms with van der Waals surface area (Å²) in [5.41, 5.74) is 6.46. The van der Waals surface area contributed by atoms with E-state index in [2.05, 4.69) is 22.0 Å². The number of fused-ring (bicyclic) bond motifs is 1. The van der Waals surface area contributed by atoms with Crippen LogP contribution in [-0.4, -0.2) is 30.7 Å². The number of pyridine rings is 1. The maximum absolute atomic E-state index is 6.44. The molecule has 1 saturated carbocycles. The fourth-order valence-electron chi connectivity index (χ4n) is 3.24. The second kappa shape index (κ2) is 4.09. The van der Waals surface area contributed by atoms with E-state index in [0.29, 0.717) is 0 Å². The van der Waals surface area contributed by atoms with E-state index in [4.69, 9.17) is 10.5 Å². The first-order valence-corrected chi connectivity index (χ1v) is 7.16. The molecule has 4 rings (SSSR count). The molecular weight excluding hydrogens is 250 g/mol. The lowest BCUT2D eigenvalue weighted by atomic mass is 9.85. The van der Waals surface area contributed by atoms with Crippen LogP contribution in [0, 0.1) is 5.92 Å². The second-order valence-corrected chi connectivity index (χ2v) is 6.09. The maximum Gasteiger partial charge on any atom is 0.136 e. The lowest BCUT2D eigenvalue weighted by molar-refractivity contribution is 0.290. The van der Waals surface area contributed by atoms with Crippen LogP contribution in [0.25, 0.3) is 10.8 Å². The highest BCUT2D eigenvalue weighted by Gasteiger charge is 2.50. The van der Waals surface area contributed by atoms with E-state index >= 15 is 0 Å². The van der Waals surface area contributed by atoms with Gasteiger partial charge in [-0.05, 0) is 42.3 Å². The Bertz CT molecular complexity index is 660. The third kappa shape index (κ3) is 1.75. The first kappa shape index (κ1) is 12.0. The Kier molecular flexibility index (Phi) is 2.45. The van der Waals surface area contributed by atoms with Gasteiger partial charge < -0.3 is 15.4 Å². The van der Waals surface area contributed by atoms with Crippen LogP contribution in [0.2, 0.25) is 0 Å². The maximum atomic E-state index is 6.44. The topological polar surface area (TPSA) is 51.4 Å². The van der Waals surface area contributed by atoms with Gasteiger partial charge in [-0.25, -0.2) is 4.98 Å². The number of nitrogens with two attached hydrogens (primary N) is 1. The van der Waals surface area contributed by atoms with E-state index in [1.807, 2.05) is 18.3 Å². The molecule has 1 saturated heterocycles. The van der Waals surface area contributed by atoms with Crippen LogP contribution >= 0.6 is 0 Å². The number of methoxy groups -OCH3 is 1. The second-order valence-electron chi connectivity index (χ2n) is 6.09. The first-order valence-electron chi connectivity index (χ1n) is 7.16. The van der Waals surface area contributed by atoms with Crippen molar-refractivity contribution in [2.24, 2.45) is 11.7 Å². The fraction of sp³-hybridized carbons (Fsp3) is 0.438. The molecule has 2 N–H and O–H groups in total. The van der Waals surface area contributed by atoms with Gasteiger partial charge in [-0.1, -0.05) is 6.07 Å². The van der Waals surface area contributed by atoms with Crippen molar-refractivity contribution in [1.29, 1.82) is 0 Å². The Labute approximate surface area is 118 Å². The molecule has 2 fully saturated rings. The van der Waals surface area contributed by atoms with Crippen LogP contribution < -0.4 is 15.4 Å². The summed E-state index contributed by atoms with van der Waals surface area (Å²) in [4.78, 5) is 6.86. The van der Waals surface area contributed by atoms with Crippen molar-refractivity contribution in [3.8, 4) is 5.75 Å². The molecule has 1 aliphatic heterocycles. The molecule has 20 heavy (non-hydrogen) atoms. The van der Waals surface area contributed by atoms with Gasteiger partial charge in [0.25, 0.3) is 0 Å². The van der Waals surface area contributed by atoms with E-state index in [1.54, 1.807) is 7.11 Å². The van der Waals surface area contributed by atoms with Crippen LogP contribution in [-0.2, 0) is 0 Å². The van der Waals surface area contributed by atoms with Crippen LogP contribution in [0.1, 0.15) is 12.8 Å². The predicted octanol–water partition coefficient (Wildman–Crippen LogP) is 2.17. The molecule has 0 spiro atoms. The number of ether oxygens (including phenoxy) is 1. The summed E-state index contributed by atoms with van der Waals surface area (Å²) in [5.74, 6) is 2.62. The van der Waals surface area contributed by atoms with Crippen LogP contribution in [0.3, 0.4) is 0 Å². The van der Waals surface area contributed by atoms with Crippen molar-refractivity contribution in [2.45, 2.75) is 18.4 Å². The molecule has 1 aliphatic carbocycles. The normalized spacial score (nSPS) is 20.8. The third-order valence-corrected chi connectivity index (χ3v) is 4.61. The van der Waals surface area contributed by atoms with Gasteiger partial charge in [0.15, 0.2) is 0 Å². The molecule has 0 amide bonds. The summed E-state index contributed by atoms with van der Waals surface area (Å²) in [6.07, 6.45) is 4.46. The summed E-state index contributed by atoms with van der Waals surface area (Å²) < 4.78 is 5.33. The van der Waals surface area contributed by atoms with Crippen LogP contribution in [0.4, 0.5) is 5.82 Å². The van der Waals surface area contributed by atoms with Gasteiger partial charge in [0.2, 0.25) is 0 Å². The molecule has 104 valence electrons. The average molecular weight is 269 g/mol. The molecule has 4 nitrogen and oxygen atoms in total.